The quantitative estimate of drug-likeness (QED) is 0.442. The maximum absolute atomic E-state index is 13.7. The van der Waals surface area contributed by atoms with E-state index in [1.807, 2.05) is 6.07 Å². The van der Waals surface area contributed by atoms with Crippen molar-refractivity contribution in [3.05, 3.63) is 64.0 Å². The Bertz CT molecular complexity index is 1490. The first-order valence-electron chi connectivity index (χ1n) is 11.9. The molecule has 2 N–H and O–H groups in total. The van der Waals surface area contributed by atoms with Crippen molar-refractivity contribution < 1.29 is 4.39 Å². The number of halogens is 1. The minimum Gasteiger partial charge on any atom is -0.324 e. The van der Waals surface area contributed by atoms with Gasteiger partial charge in [0.2, 0.25) is 5.95 Å². The lowest BCUT2D eigenvalue weighted by Crippen LogP contribution is -2.26. The third-order valence-electron chi connectivity index (χ3n) is 6.66. The van der Waals surface area contributed by atoms with Crippen molar-refractivity contribution in [2.45, 2.75) is 51.1 Å². The Hall–Kier alpha value is -3.66. The van der Waals surface area contributed by atoms with Crippen LogP contribution in [0.25, 0.3) is 16.9 Å². The molecule has 0 radical (unpaired) electrons. The average molecular weight is 475 g/mol. The van der Waals surface area contributed by atoms with E-state index < -0.39 is 12.1 Å². The van der Waals surface area contributed by atoms with Crippen molar-refractivity contribution in [1.29, 1.82) is 0 Å². The Morgan fingerprint density at radius 1 is 1.17 bits per heavy atom. The summed E-state index contributed by atoms with van der Waals surface area (Å²) in [6, 6.07) is 8.05. The molecule has 0 amide bonds. The fourth-order valence-electron chi connectivity index (χ4n) is 4.47. The SMILES string of the molecule is CC(C)(CF)c1nccc(-n2c3nc(Nc4ccc5c(c4)CCNC5)ncc3c(=O)n2C2CC2)n1. The minimum absolute atomic E-state index is 0.0787. The van der Waals surface area contributed by atoms with Gasteiger partial charge in [-0.1, -0.05) is 19.9 Å². The summed E-state index contributed by atoms with van der Waals surface area (Å²) in [5.74, 6) is 1.26. The number of fused-ring (bicyclic) bond motifs is 2. The molecule has 0 atom stereocenters. The Labute approximate surface area is 201 Å². The molecule has 4 aromatic rings. The third-order valence-corrected chi connectivity index (χ3v) is 6.66. The van der Waals surface area contributed by atoms with Gasteiger partial charge in [-0.2, -0.15) is 4.98 Å². The fraction of sp³-hybridized carbons (Fsp3) is 0.400. The van der Waals surface area contributed by atoms with Crippen LogP contribution in [0, 0.1) is 0 Å². The highest BCUT2D eigenvalue weighted by Crippen LogP contribution is 2.35. The molecule has 9 nitrogen and oxygen atoms in total. The molecule has 4 heterocycles. The highest BCUT2D eigenvalue weighted by atomic mass is 19.1. The molecule has 6 rings (SSSR count). The van der Waals surface area contributed by atoms with Crippen LogP contribution < -0.4 is 16.2 Å². The molecule has 10 heteroatoms. The topological polar surface area (TPSA) is 103 Å². The number of alkyl halides is 1. The Morgan fingerprint density at radius 3 is 2.83 bits per heavy atom. The molecule has 1 aliphatic heterocycles. The van der Waals surface area contributed by atoms with Crippen LogP contribution >= 0.6 is 0 Å². The van der Waals surface area contributed by atoms with Gasteiger partial charge in [-0.15, -0.1) is 0 Å². The number of hydrogen-bond acceptors (Lipinski definition) is 7. The van der Waals surface area contributed by atoms with Gasteiger partial charge in [-0.05, 0) is 49.1 Å². The average Bonchev–Trinajstić information content (AvgIpc) is 3.68. The smallest absolute Gasteiger partial charge is 0.278 e. The summed E-state index contributed by atoms with van der Waals surface area (Å²) in [5.41, 5.74) is 2.96. The number of nitrogens with one attached hydrogen (secondary N) is 2. The van der Waals surface area contributed by atoms with E-state index >= 15 is 0 Å². The number of aromatic nitrogens is 6. The Balaban J connectivity index is 1.46. The van der Waals surface area contributed by atoms with Gasteiger partial charge in [0, 0.05) is 30.7 Å². The lowest BCUT2D eigenvalue weighted by molar-refractivity contribution is 0.336. The molecule has 0 bridgehead atoms. The van der Waals surface area contributed by atoms with Crippen molar-refractivity contribution in [3.63, 3.8) is 0 Å². The van der Waals surface area contributed by atoms with Crippen molar-refractivity contribution in [2.24, 2.45) is 0 Å². The molecule has 0 saturated heterocycles. The number of anilines is 2. The maximum atomic E-state index is 13.7. The summed E-state index contributed by atoms with van der Waals surface area (Å²) in [5, 5.41) is 7.09. The van der Waals surface area contributed by atoms with Crippen molar-refractivity contribution >= 4 is 22.7 Å². The Kier molecular flexibility index (Phi) is 5.14. The zero-order valence-corrected chi connectivity index (χ0v) is 19.8. The zero-order valence-electron chi connectivity index (χ0n) is 19.8. The summed E-state index contributed by atoms with van der Waals surface area (Å²) in [4.78, 5) is 31.4. The largest absolute Gasteiger partial charge is 0.324 e. The number of hydrogen-bond donors (Lipinski definition) is 2. The van der Waals surface area contributed by atoms with Crippen LogP contribution in [0.5, 0.6) is 0 Å². The fourth-order valence-corrected chi connectivity index (χ4v) is 4.47. The molecule has 0 unspecified atom stereocenters. The van der Waals surface area contributed by atoms with Gasteiger partial charge in [-0.25, -0.2) is 24.3 Å². The van der Waals surface area contributed by atoms with E-state index in [1.54, 1.807) is 41.7 Å². The molecule has 1 saturated carbocycles. The summed E-state index contributed by atoms with van der Waals surface area (Å²) in [6.07, 6.45) is 5.96. The van der Waals surface area contributed by atoms with Gasteiger partial charge < -0.3 is 10.6 Å². The Morgan fingerprint density at radius 2 is 2.03 bits per heavy atom. The minimum atomic E-state index is -0.840. The molecule has 35 heavy (non-hydrogen) atoms. The van der Waals surface area contributed by atoms with E-state index in [0.717, 1.165) is 38.0 Å². The predicted octanol–water partition coefficient (Wildman–Crippen LogP) is 3.34. The van der Waals surface area contributed by atoms with Gasteiger partial charge in [0.15, 0.2) is 11.5 Å². The summed E-state index contributed by atoms with van der Waals surface area (Å²) < 4.78 is 17.1. The number of rotatable bonds is 6. The van der Waals surface area contributed by atoms with E-state index in [9.17, 15) is 9.18 Å². The van der Waals surface area contributed by atoms with E-state index in [-0.39, 0.29) is 11.6 Å². The molecule has 1 fully saturated rings. The molecule has 0 spiro atoms. The van der Waals surface area contributed by atoms with Crippen LogP contribution in [0.2, 0.25) is 0 Å². The highest BCUT2D eigenvalue weighted by molar-refractivity contribution is 5.77. The molecular formula is C25H27FN8O. The van der Waals surface area contributed by atoms with Crippen LogP contribution in [0.4, 0.5) is 16.0 Å². The molecule has 2 aliphatic rings. The first-order chi connectivity index (χ1) is 16.9. The highest BCUT2D eigenvalue weighted by Gasteiger charge is 2.32. The first-order valence-corrected chi connectivity index (χ1v) is 11.9. The van der Waals surface area contributed by atoms with Crippen LogP contribution in [-0.2, 0) is 18.4 Å². The molecular weight excluding hydrogens is 447 g/mol. The van der Waals surface area contributed by atoms with Crippen LogP contribution in [0.1, 0.15) is 49.7 Å². The molecule has 1 aliphatic carbocycles. The van der Waals surface area contributed by atoms with Crippen molar-refractivity contribution in [2.75, 3.05) is 18.5 Å². The van der Waals surface area contributed by atoms with Gasteiger partial charge in [0.1, 0.15) is 17.9 Å². The number of benzene rings is 1. The van der Waals surface area contributed by atoms with Gasteiger partial charge in [0.05, 0.1) is 11.5 Å². The van der Waals surface area contributed by atoms with Crippen LogP contribution in [0.3, 0.4) is 0 Å². The normalized spacial score (nSPS) is 15.9. The lowest BCUT2D eigenvalue weighted by Gasteiger charge is -2.19. The second kappa shape index (κ2) is 8.23. The maximum Gasteiger partial charge on any atom is 0.278 e. The standard InChI is InChI=1S/C25H27FN8O/c1-25(2,14-26)23-28-10-8-20(31-23)34-21-19(22(35)33(34)18-5-6-18)13-29-24(32-21)30-17-4-3-16-12-27-9-7-15(16)11-17/h3-4,8,10-11,13,18,27H,5-7,9,12,14H2,1-2H3,(H,29,30,32). The second-order valence-corrected chi connectivity index (χ2v) is 9.91. The second-order valence-electron chi connectivity index (χ2n) is 9.91. The van der Waals surface area contributed by atoms with Crippen LogP contribution in [0.15, 0.2) is 41.5 Å². The van der Waals surface area contributed by atoms with Gasteiger partial charge in [0.25, 0.3) is 5.56 Å². The summed E-state index contributed by atoms with van der Waals surface area (Å²) in [7, 11) is 0. The van der Waals surface area contributed by atoms with Gasteiger partial charge >= 0.3 is 0 Å². The van der Waals surface area contributed by atoms with Crippen molar-refractivity contribution in [3.8, 4) is 5.82 Å². The van der Waals surface area contributed by atoms with E-state index in [2.05, 4.69) is 37.7 Å². The first kappa shape index (κ1) is 21.8. The summed E-state index contributed by atoms with van der Waals surface area (Å²) in [6.45, 7) is 4.75. The van der Waals surface area contributed by atoms with E-state index in [1.165, 1.54) is 11.1 Å². The molecule has 180 valence electrons. The lowest BCUT2D eigenvalue weighted by atomic mass is 9.94. The zero-order chi connectivity index (χ0) is 24.2. The number of nitrogens with zero attached hydrogens (tertiary/aromatic N) is 6. The monoisotopic (exact) mass is 474 g/mol. The van der Waals surface area contributed by atoms with E-state index in [4.69, 9.17) is 4.98 Å². The molecule has 3 aromatic heterocycles. The predicted molar refractivity (Wildman–Crippen MR) is 131 cm³/mol. The van der Waals surface area contributed by atoms with Gasteiger partial charge in [-0.3, -0.25) is 9.18 Å². The third kappa shape index (κ3) is 3.87. The van der Waals surface area contributed by atoms with Crippen LogP contribution in [-0.4, -0.2) is 42.5 Å². The van der Waals surface area contributed by atoms with Crippen molar-refractivity contribution in [1.82, 2.24) is 34.6 Å². The summed E-state index contributed by atoms with van der Waals surface area (Å²) >= 11 is 0. The molecule has 1 aromatic carbocycles. The van der Waals surface area contributed by atoms with E-state index in [0.29, 0.717) is 28.6 Å².